The number of ether oxygens (including phenoxy) is 1. The predicted octanol–water partition coefficient (Wildman–Crippen LogP) is 3.87. The largest absolute Gasteiger partial charge is 0.481 e. The molecule has 2 aromatic carbocycles. The molecule has 1 atom stereocenters. The van der Waals surface area contributed by atoms with Crippen LogP contribution in [0.4, 0.5) is 4.79 Å². The topological polar surface area (TPSA) is 95.9 Å². The lowest BCUT2D eigenvalue weighted by atomic mass is 9.81. The van der Waals surface area contributed by atoms with Crippen molar-refractivity contribution in [3.8, 4) is 11.1 Å². The van der Waals surface area contributed by atoms with Gasteiger partial charge in [-0.2, -0.15) is 0 Å². The average Bonchev–Trinajstić information content (AvgIpc) is 3.11. The normalized spacial score (nSPS) is 16.8. The summed E-state index contributed by atoms with van der Waals surface area (Å²) >= 11 is 0. The van der Waals surface area contributed by atoms with E-state index in [2.05, 4.69) is 29.6 Å². The number of benzene rings is 2. The SMILES string of the molecule is CCC(CNC(=O)OCC1c2ccccc2-c2ccccc21)CC(=O)N1CC(C)(C(=O)O)C1. The fraction of sp³-hybridized carbons (Fsp3) is 0.423. The fourth-order valence-electron chi connectivity index (χ4n) is 4.72. The van der Waals surface area contributed by atoms with Gasteiger partial charge in [-0.1, -0.05) is 61.9 Å². The first-order chi connectivity index (χ1) is 15.8. The van der Waals surface area contributed by atoms with Crippen molar-refractivity contribution in [2.24, 2.45) is 11.3 Å². The number of fused-ring (bicyclic) bond motifs is 3. The second-order valence-corrected chi connectivity index (χ2v) is 9.30. The van der Waals surface area contributed by atoms with Gasteiger partial charge in [0, 0.05) is 32.0 Å². The van der Waals surface area contributed by atoms with Crippen molar-refractivity contribution < 1.29 is 24.2 Å². The standard InChI is InChI=1S/C26H30N2O5/c1-3-17(12-23(29)28-15-26(2,16-28)24(30)31)13-27-25(32)33-14-22-20-10-6-4-8-18(20)19-9-5-7-11-21(19)22/h4-11,17,22H,3,12-16H2,1-2H3,(H,27,32)(H,30,31). The maximum atomic E-state index is 12.5. The summed E-state index contributed by atoms with van der Waals surface area (Å²) < 4.78 is 5.56. The number of alkyl carbamates (subject to hydrolysis) is 1. The average molecular weight is 451 g/mol. The van der Waals surface area contributed by atoms with E-state index in [9.17, 15) is 19.5 Å². The van der Waals surface area contributed by atoms with Crippen molar-refractivity contribution >= 4 is 18.0 Å². The molecule has 0 bridgehead atoms. The molecule has 0 aromatic heterocycles. The minimum atomic E-state index is -0.879. The molecule has 33 heavy (non-hydrogen) atoms. The molecule has 2 aliphatic rings. The number of carbonyl (C=O) groups excluding carboxylic acids is 2. The maximum Gasteiger partial charge on any atom is 0.407 e. The van der Waals surface area contributed by atoms with Gasteiger partial charge in [-0.3, -0.25) is 9.59 Å². The van der Waals surface area contributed by atoms with Crippen LogP contribution in [0.1, 0.15) is 43.7 Å². The molecule has 1 saturated heterocycles. The van der Waals surface area contributed by atoms with Crippen LogP contribution >= 0.6 is 0 Å². The third-order valence-corrected chi connectivity index (χ3v) is 6.87. The molecular formula is C26H30N2O5. The highest BCUT2D eigenvalue weighted by Crippen LogP contribution is 2.44. The molecule has 1 heterocycles. The summed E-state index contributed by atoms with van der Waals surface area (Å²) in [5.41, 5.74) is 3.82. The van der Waals surface area contributed by atoms with Crippen molar-refractivity contribution in [2.75, 3.05) is 26.2 Å². The molecule has 0 spiro atoms. The van der Waals surface area contributed by atoms with Gasteiger partial charge in [-0.15, -0.1) is 0 Å². The molecule has 0 saturated carbocycles. The second kappa shape index (κ2) is 9.25. The number of amides is 2. The zero-order valence-corrected chi connectivity index (χ0v) is 19.0. The molecule has 7 nitrogen and oxygen atoms in total. The molecule has 2 aromatic rings. The van der Waals surface area contributed by atoms with Crippen LogP contribution in [0.5, 0.6) is 0 Å². The number of aliphatic carboxylic acids is 1. The Morgan fingerprint density at radius 1 is 1.09 bits per heavy atom. The Hall–Kier alpha value is -3.35. The Morgan fingerprint density at radius 2 is 1.67 bits per heavy atom. The third kappa shape index (κ3) is 4.58. The summed E-state index contributed by atoms with van der Waals surface area (Å²) in [6, 6.07) is 16.4. The van der Waals surface area contributed by atoms with Crippen molar-refractivity contribution in [1.29, 1.82) is 0 Å². The minimum absolute atomic E-state index is 0.00154. The van der Waals surface area contributed by atoms with Crippen molar-refractivity contribution in [3.05, 3.63) is 59.7 Å². The maximum absolute atomic E-state index is 12.5. The van der Waals surface area contributed by atoms with Gasteiger partial charge in [0.1, 0.15) is 6.61 Å². The Bertz CT molecular complexity index is 1010. The Morgan fingerprint density at radius 3 is 2.21 bits per heavy atom. The first-order valence-electron chi connectivity index (χ1n) is 11.4. The van der Waals surface area contributed by atoms with Crippen LogP contribution in [-0.2, 0) is 14.3 Å². The first-order valence-corrected chi connectivity index (χ1v) is 11.4. The van der Waals surface area contributed by atoms with E-state index in [0.29, 0.717) is 6.54 Å². The summed E-state index contributed by atoms with van der Waals surface area (Å²) in [6.07, 6.45) is 0.500. The number of likely N-dealkylation sites (tertiary alicyclic amines) is 1. The quantitative estimate of drug-likeness (QED) is 0.636. The van der Waals surface area contributed by atoms with E-state index < -0.39 is 17.5 Å². The zero-order valence-electron chi connectivity index (χ0n) is 19.0. The van der Waals surface area contributed by atoms with Gasteiger partial charge < -0.3 is 20.1 Å². The summed E-state index contributed by atoms with van der Waals surface area (Å²) in [7, 11) is 0. The van der Waals surface area contributed by atoms with E-state index in [1.807, 2.05) is 31.2 Å². The number of carbonyl (C=O) groups is 3. The molecule has 1 aliphatic carbocycles. The van der Waals surface area contributed by atoms with Crippen LogP contribution in [0.25, 0.3) is 11.1 Å². The van der Waals surface area contributed by atoms with Gasteiger partial charge >= 0.3 is 12.1 Å². The van der Waals surface area contributed by atoms with Crippen LogP contribution in [0, 0.1) is 11.3 Å². The lowest BCUT2D eigenvalue weighted by Gasteiger charge is -2.45. The highest BCUT2D eigenvalue weighted by atomic mass is 16.5. The van der Waals surface area contributed by atoms with E-state index >= 15 is 0 Å². The van der Waals surface area contributed by atoms with Gasteiger partial charge in [0.05, 0.1) is 5.41 Å². The summed E-state index contributed by atoms with van der Waals surface area (Å²) in [5.74, 6) is -0.984. The van der Waals surface area contributed by atoms with Crippen LogP contribution < -0.4 is 5.32 Å². The molecule has 0 radical (unpaired) electrons. The number of rotatable bonds is 8. The molecule has 7 heteroatoms. The first kappa shape index (κ1) is 22.8. The Kier molecular flexibility index (Phi) is 6.40. The number of hydrogen-bond acceptors (Lipinski definition) is 4. The van der Waals surface area contributed by atoms with E-state index in [1.165, 1.54) is 11.1 Å². The van der Waals surface area contributed by atoms with Gasteiger partial charge in [-0.25, -0.2) is 4.79 Å². The number of nitrogens with one attached hydrogen (secondary N) is 1. The number of carboxylic acid groups (broad SMARTS) is 1. The van der Waals surface area contributed by atoms with Crippen LogP contribution in [0.15, 0.2) is 48.5 Å². The summed E-state index contributed by atoms with van der Waals surface area (Å²) in [6.45, 7) is 4.67. The van der Waals surface area contributed by atoms with Crippen LogP contribution in [0.2, 0.25) is 0 Å². The third-order valence-electron chi connectivity index (χ3n) is 6.87. The number of carboxylic acids is 1. The van der Waals surface area contributed by atoms with E-state index in [-0.39, 0.29) is 43.9 Å². The predicted molar refractivity (Wildman–Crippen MR) is 124 cm³/mol. The summed E-state index contributed by atoms with van der Waals surface area (Å²) in [4.78, 5) is 37.7. The van der Waals surface area contributed by atoms with E-state index in [4.69, 9.17) is 4.74 Å². The van der Waals surface area contributed by atoms with E-state index in [1.54, 1.807) is 11.8 Å². The van der Waals surface area contributed by atoms with Crippen molar-refractivity contribution in [1.82, 2.24) is 10.2 Å². The van der Waals surface area contributed by atoms with Gasteiger partial charge in [0.15, 0.2) is 0 Å². The molecule has 4 rings (SSSR count). The molecule has 2 amide bonds. The second-order valence-electron chi connectivity index (χ2n) is 9.30. The highest BCUT2D eigenvalue weighted by Gasteiger charge is 2.47. The highest BCUT2D eigenvalue weighted by molar-refractivity contribution is 5.83. The minimum Gasteiger partial charge on any atom is -0.481 e. The lowest BCUT2D eigenvalue weighted by Crippen LogP contribution is -2.60. The molecule has 1 unspecified atom stereocenters. The van der Waals surface area contributed by atoms with Gasteiger partial charge in [0.25, 0.3) is 0 Å². The van der Waals surface area contributed by atoms with Gasteiger partial charge in [-0.05, 0) is 35.1 Å². The zero-order chi connectivity index (χ0) is 23.6. The lowest BCUT2D eigenvalue weighted by molar-refractivity contribution is -0.164. The molecule has 2 N–H and O–H groups in total. The summed E-state index contributed by atoms with van der Waals surface area (Å²) in [5, 5.41) is 12.0. The monoisotopic (exact) mass is 450 g/mol. The Balaban J connectivity index is 1.26. The van der Waals surface area contributed by atoms with Crippen LogP contribution in [-0.4, -0.2) is 54.2 Å². The van der Waals surface area contributed by atoms with Crippen molar-refractivity contribution in [3.63, 3.8) is 0 Å². The molecule has 1 aliphatic heterocycles. The fourth-order valence-corrected chi connectivity index (χ4v) is 4.72. The number of nitrogens with zero attached hydrogens (tertiary/aromatic N) is 1. The molecule has 1 fully saturated rings. The number of hydrogen-bond donors (Lipinski definition) is 2. The molecular weight excluding hydrogens is 420 g/mol. The van der Waals surface area contributed by atoms with E-state index in [0.717, 1.165) is 17.5 Å². The Labute approximate surface area is 193 Å². The van der Waals surface area contributed by atoms with Gasteiger partial charge in [0.2, 0.25) is 5.91 Å². The van der Waals surface area contributed by atoms with Crippen LogP contribution in [0.3, 0.4) is 0 Å². The smallest absolute Gasteiger partial charge is 0.407 e. The van der Waals surface area contributed by atoms with Crippen molar-refractivity contribution in [2.45, 2.75) is 32.6 Å². The molecule has 174 valence electrons.